The lowest BCUT2D eigenvalue weighted by molar-refractivity contribution is -0.124. The van der Waals surface area contributed by atoms with Crippen LogP contribution in [0, 0.1) is 0 Å². The summed E-state index contributed by atoms with van der Waals surface area (Å²) < 4.78 is 0. The van der Waals surface area contributed by atoms with E-state index in [4.69, 9.17) is 0 Å². The highest BCUT2D eigenvalue weighted by molar-refractivity contribution is 6.17. The van der Waals surface area contributed by atoms with E-state index in [2.05, 4.69) is 5.32 Å². The van der Waals surface area contributed by atoms with Gasteiger partial charge in [-0.25, -0.2) is 0 Å². The first-order valence-corrected chi connectivity index (χ1v) is 5.59. The van der Waals surface area contributed by atoms with Gasteiger partial charge in [0.2, 0.25) is 0 Å². The molecule has 0 fully saturated rings. The van der Waals surface area contributed by atoms with Gasteiger partial charge >= 0.3 is 0 Å². The number of phenols is 1. The summed E-state index contributed by atoms with van der Waals surface area (Å²) in [4.78, 5) is 25.1. The summed E-state index contributed by atoms with van der Waals surface area (Å²) in [5.41, 5.74) is -1.26. The third-order valence-corrected chi connectivity index (χ3v) is 3.19. The Labute approximate surface area is 108 Å². The fourth-order valence-electron chi connectivity index (χ4n) is 2.30. The summed E-state index contributed by atoms with van der Waals surface area (Å²) in [6.45, 7) is 0. The number of carbonyl (C=O) groups is 2. The molecule has 1 spiro atoms. The maximum Gasteiger partial charge on any atom is 0.294 e. The van der Waals surface area contributed by atoms with Crippen molar-refractivity contribution >= 4 is 17.5 Å². The van der Waals surface area contributed by atoms with Gasteiger partial charge in [0.15, 0.2) is 11.3 Å². The van der Waals surface area contributed by atoms with E-state index in [9.17, 15) is 19.8 Å². The van der Waals surface area contributed by atoms with Crippen LogP contribution >= 0.6 is 0 Å². The van der Waals surface area contributed by atoms with Crippen molar-refractivity contribution in [3.05, 3.63) is 48.4 Å². The predicted molar refractivity (Wildman–Crippen MR) is 66.3 cm³/mol. The Morgan fingerprint density at radius 1 is 1.16 bits per heavy atom. The molecule has 0 radical (unpaired) electrons. The van der Waals surface area contributed by atoms with Gasteiger partial charge in [-0.2, -0.15) is 0 Å². The standard InChI is InChI=1S/C13H10N2O4/c16-9-4-2-1-3-8(9)15-11(18)10(17)7-13(15)5-6-14-12(13)19/h1-7,16-17H,(H,14,19). The van der Waals surface area contributed by atoms with Gasteiger partial charge in [0.25, 0.3) is 11.8 Å². The molecule has 2 amide bonds. The van der Waals surface area contributed by atoms with Crippen LogP contribution in [0.4, 0.5) is 5.69 Å². The van der Waals surface area contributed by atoms with Gasteiger partial charge in [-0.1, -0.05) is 12.1 Å². The second-order valence-corrected chi connectivity index (χ2v) is 4.29. The van der Waals surface area contributed by atoms with Crippen molar-refractivity contribution < 1.29 is 19.8 Å². The number of hydrogen-bond donors (Lipinski definition) is 3. The predicted octanol–water partition coefficient (Wildman–Crippen LogP) is 0.563. The van der Waals surface area contributed by atoms with E-state index in [1.54, 1.807) is 12.1 Å². The van der Waals surface area contributed by atoms with Crippen molar-refractivity contribution in [2.75, 3.05) is 4.90 Å². The lowest BCUT2D eigenvalue weighted by atomic mass is 9.99. The minimum atomic E-state index is -1.42. The zero-order chi connectivity index (χ0) is 13.6. The van der Waals surface area contributed by atoms with Gasteiger partial charge in [-0.05, 0) is 18.2 Å². The first-order chi connectivity index (χ1) is 9.06. The molecule has 3 N–H and O–H groups in total. The number of anilines is 1. The molecule has 0 aliphatic carbocycles. The van der Waals surface area contributed by atoms with Crippen LogP contribution < -0.4 is 10.2 Å². The third kappa shape index (κ3) is 1.36. The number of amides is 2. The lowest BCUT2D eigenvalue weighted by Gasteiger charge is -2.30. The van der Waals surface area contributed by atoms with Gasteiger partial charge < -0.3 is 15.5 Å². The maximum absolute atomic E-state index is 12.0. The molecule has 1 atom stereocenters. The number of phenolic OH excluding ortho intramolecular Hbond substituents is 1. The molecule has 1 unspecified atom stereocenters. The number of nitrogens with zero attached hydrogens (tertiary/aromatic N) is 1. The second kappa shape index (κ2) is 3.61. The zero-order valence-electron chi connectivity index (χ0n) is 9.70. The van der Waals surface area contributed by atoms with E-state index in [1.165, 1.54) is 30.5 Å². The molecule has 0 saturated heterocycles. The van der Waals surface area contributed by atoms with Crippen LogP contribution in [0.1, 0.15) is 0 Å². The van der Waals surface area contributed by atoms with E-state index < -0.39 is 23.1 Å². The van der Waals surface area contributed by atoms with E-state index in [0.29, 0.717) is 0 Å². The number of aliphatic hydroxyl groups excluding tert-OH is 1. The Morgan fingerprint density at radius 3 is 2.53 bits per heavy atom. The van der Waals surface area contributed by atoms with Crippen LogP contribution in [0.25, 0.3) is 0 Å². The van der Waals surface area contributed by atoms with Gasteiger partial charge in [-0.15, -0.1) is 0 Å². The van der Waals surface area contributed by atoms with Crippen molar-refractivity contribution in [2.24, 2.45) is 0 Å². The Balaban J connectivity index is 2.20. The Hall–Kier alpha value is -2.76. The summed E-state index contributed by atoms with van der Waals surface area (Å²) in [5, 5.41) is 22.0. The summed E-state index contributed by atoms with van der Waals surface area (Å²) in [6, 6.07) is 6.13. The van der Waals surface area contributed by atoms with Gasteiger partial charge in [0.05, 0.1) is 5.69 Å². The van der Waals surface area contributed by atoms with Gasteiger partial charge in [0.1, 0.15) is 5.75 Å². The summed E-state index contributed by atoms with van der Waals surface area (Å²) in [7, 11) is 0. The maximum atomic E-state index is 12.0. The highest BCUT2D eigenvalue weighted by atomic mass is 16.3. The van der Waals surface area contributed by atoms with Crippen LogP contribution in [-0.4, -0.2) is 27.6 Å². The van der Waals surface area contributed by atoms with Crippen LogP contribution in [0.5, 0.6) is 5.75 Å². The first kappa shape index (κ1) is 11.3. The highest BCUT2D eigenvalue weighted by Gasteiger charge is 2.52. The molecule has 19 heavy (non-hydrogen) atoms. The van der Waals surface area contributed by atoms with Crippen LogP contribution in [-0.2, 0) is 9.59 Å². The quantitative estimate of drug-likeness (QED) is 0.686. The zero-order valence-corrected chi connectivity index (χ0v) is 9.70. The van der Waals surface area contributed by atoms with Crippen LogP contribution in [0.3, 0.4) is 0 Å². The fourth-order valence-corrected chi connectivity index (χ4v) is 2.30. The number of benzene rings is 1. The van der Waals surface area contributed by atoms with Crippen molar-refractivity contribution in [2.45, 2.75) is 5.54 Å². The third-order valence-electron chi connectivity index (χ3n) is 3.19. The van der Waals surface area contributed by atoms with Crippen LogP contribution in [0.2, 0.25) is 0 Å². The fraction of sp³-hybridized carbons (Fsp3) is 0.0769. The Kier molecular flexibility index (Phi) is 2.16. The van der Waals surface area contributed by atoms with Crippen molar-refractivity contribution in [3.63, 3.8) is 0 Å². The largest absolute Gasteiger partial charge is 0.506 e. The smallest absolute Gasteiger partial charge is 0.294 e. The number of aromatic hydroxyl groups is 1. The minimum absolute atomic E-state index is 0.147. The number of carbonyl (C=O) groups excluding carboxylic acids is 2. The molecule has 2 heterocycles. The SMILES string of the molecule is O=C1C(O)=CC2(C=CNC2=O)N1c1ccccc1O. The monoisotopic (exact) mass is 258 g/mol. The molecule has 0 bridgehead atoms. The van der Waals surface area contributed by atoms with Gasteiger partial charge in [0, 0.05) is 12.3 Å². The molecular weight excluding hydrogens is 248 g/mol. The summed E-state index contributed by atoms with van der Waals surface area (Å²) >= 11 is 0. The van der Waals surface area contributed by atoms with Crippen LogP contribution in [0.15, 0.2) is 48.4 Å². The molecule has 1 aromatic rings. The topological polar surface area (TPSA) is 89.9 Å². The highest BCUT2D eigenvalue weighted by Crippen LogP contribution is 2.39. The number of rotatable bonds is 1. The van der Waals surface area contributed by atoms with E-state index in [-0.39, 0.29) is 11.4 Å². The van der Waals surface area contributed by atoms with E-state index in [1.807, 2.05) is 0 Å². The van der Waals surface area contributed by atoms with Crippen molar-refractivity contribution in [1.82, 2.24) is 5.32 Å². The summed E-state index contributed by atoms with van der Waals surface area (Å²) in [5.74, 6) is -1.87. The normalized spacial score (nSPS) is 25.1. The molecule has 2 aliphatic heterocycles. The average Bonchev–Trinajstić information content (AvgIpc) is 2.85. The molecule has 6 heteroatoms. The molecule has 96 valence electrons. The first-order valence-electron chi connectivity index (χ1n) is 5.59. The molecule has 6 nitrogen and oxygen atoms in total. The number of hydrogen-bond acceptors (Lipinski definition) is 4. The molecular formula is C13H10N2O4. The van der Waals surface area contributed by atoms with Crippen molar-refractivity contribution in [3.8, 4) is 5.75 Å². The van der Waals surface area contributed by atoms with Crippen molar-refractivity contribution in [1.29, 1.82) is 0 Å². The lowest BCUT2D eigenvalue weighted by Crippen LogP contribution is -2.52. The minimum Gasteiger partial charge on any atom is -0.506 e. The number of aliphatic hydroxyl groups is 1. The molecule has 3 rings (SSSR count). The van der Waals surface area contributed by atoms with Gasteiger partial charge in [-0.3, -0.25) is 14.5 Å². The molecule has 0 saturated carbocycles. The second-order valence-electron chi connectivity index (χ2n) is 4.29. The molecule has 2 aliphatic rings. The number of nitrogens with one attached hydrogen (secondary N) is 1. The van der Waals surface area contributed by atoms with E-state index >= 15 is 0 Å². The Morgan fingerprint density at radius 2 is 1.89 bits per heavy atom. The summed E-state index contributed by atoms with van der Waals surface area (Å²) in [6.07, 6.45) is 4.03. The molecule has 0 aromatic heterocycles. The molecule has 1 aromatic carbocycles. The average molecular weight is 258 g/mol. The Bertz CT molecular complexity index is 650. The van der Waals surface area contributed by atoms with E-state index in [0.717, 1.165) is 4.90 Å². The number of para-hydroxylation sites is 2.